The molecule has 0 unspecified atom stereocenters. The molecule has 0 bridgehead atoms. The Kier molecular flexibility index (Phi) is 3.21. The Morgan fingerprint density at radius 1 is 1.19 bits per heavy atom. The predicted octanol–water partition coefficient (Wildman–Crippen LogP) is 1.53. The van der Waals surface area contributed by atoms with Crippen molar-refractivity contribution in [3.8, 4) is 0 Å². The third-order valence-electron chi connectivity index (χ3n) is 4.82. The minimum absolute atomic E-state index is 0.267. The Balaban J connectivity index is 1.40. The molecule has 3 aromatic heterocycles. The molecule has 0 amide bonds. The van der Waals surface area contributed by atoms with Gasteiger partial charge in [-0.05, 0) is 12.1 Å². The summed E-state index contributed by atoms with van der Waals surface area (Å²) in [7, 11) is 2.00. The summed E-state index contributed by atoms with van der Waals surface area (Å²) in [6.45, 7) is 1.59. The molecular formula is C17H15FN8. The van der Waals surface area contributed by atoms with Gasteiger partial charge < -0.3 is 9.80 Å². The van der Waals surface area contributed by atoms with Crippen molar-refractivity contribution < 1.29 is 4.39 Å². The molecule has 0 atom stereocenters. The number of hydrogen-bond donors (Lipinski definition) is 0. The molecule has 5 rings (SSSR count). The van der Waals surface area contributed by atoms with Gasteiger partial charge in [0.05, 0.1) is 11.6 Å². The lowest BCUT2D eigenvalue weighted by molar-refractivity contribution is 0.491. The van der Waals surface area contributed by atoms with Crippen molar-refractivity contribution >= 4 is 28.2 Å². The van der Waals surface area contributed by atoms with Gasteiger partial charge in [-0.2, -0.15) is 0 Å². The van der Waals surface area contributed by atoms with Gasteiger partial charge in [-0.15, -0.1) is 10.2 Å². The molecule has 1 fully saturated rings. The maximum absolute atomic E-state index is 13.4. The van der Waals surface area contributed by atoms with E-state index in [2.05, 4.69) is 34.9 Å². The summed E-state index contributed by atoms with van der Waals surface area (Å²) in [6, 6.07) is 4.86. The molecule has 0 radical (unpaired) electrons. The monoisotopic (exact) mass is 350 g/mol. The summed E-state index contributed by atoms with van der Waals surface area (Å²) < 4.78 is 15.3. The number of rotatable bonds is 3. The van der Waals surface area contributed by atoms with Crippen molar-refractivity contribution in [2.75, 3.05) is 29.9 Å². The van der Waals surface area contributed by atoms with Crippen molar-refractivity contribution in [1.82, 2.24) is 29.5 Å². The number of fused-ring (bicyclic) bond motifs is 2. The summed E-state index contributed by atoms with van der Waals surface area (Å²) in [5, 5.41) is 8.91. The molecule has 0 aliphatic carbocycles. The molecule has 9 heteroatoms. The van der Waals surface area contributed by atoms with Gasteiger partial charge in [-0.3, -0.25) is 4.40 Å². The molecule has 1 aliphatic heterocycles. The van der Waals surface area contributed by atoms with E-state index in [0.29, 0.717) is 5.52 Å². The number of halogens is 1. The van der Waals surface area contributed by atoms with Crippen LogP contribution in [0.3, 0.4) is 0 Å². The maximum atomic E-state index is 13.4. The third-order valence-corrected chi connectivity index (χ3v) is 4.82. The second kappa shape index (κ2) is 5.58. The molecule has 1 aromatic carbocycles. The van der Waals surface area contributed by atoms with E-state index in [1.807, 2.05) is 17.6 Å². The van der Waals surface area contributed by atoms with Gasteiger partial charge in [0.25, 0.3) is 0 Å². The van der Waals surface area contributed by atoms with Gasteiger partial charge in [0.1, 0.15) is 24.3 Å². The zero-order valence-corrected chi connectivity index (χ0v) is 14.0. The van der Waals surface area contributed by atoms with Gasteiger partial charge in [-0.1, -0.05) is 0 Å². The number of anilines is 2. The van der Waals surface area contributed by atoms with Crippen LogP contribution in [0.4, 0.5) is 16.0 Å². The highest BCUT2D eigenvalue weighted by Gasteiger charge is 2.33. The van der Waals surface area contributed by atoms with Crippen molar-refractivity contribution in [3.63, 3.8) is 0 Å². The van der Waals surface area contributed by atoms with Crippen LogP contribution in [0.1, 0.15) is 0 Å². The maximum Gasteiger partial charge on any atom is 0.203 e. The molecule has 0 N–H and O–H groups in total. The van der Waals surface area contributed by atoms with E-state index in [1.54, 1.807) is 18.6 Å². The van der Waals surface area contributed by atoms with Crippen LogP contribution >= 0.6 is 0 Å². The zero-order chi connectivity index (χ0) is 17.7. The minimum atomic E-state index is -0.299. The minimum Gasteiger partial charge on any atom is -0.353 e. The zero-order valence-electron chi connectivity index (χ0n) is 14.0. The molecule has 4 aromatic rings. The number of hydrogen-bond acceptors (Lipinski definition) is 7. The van der Waals surface area contributed by atoms with Gasteiger partial charge in [0.15, 0.2) is 5.82 Å². The van der Waals surface area contributed by atoms with Crippen molar-refractivity contribution in [2.45, 2.75) is 6.04 Å². The highest BCUT2D eigenvalue weighted by molar-refractivity contribution is 5.89. The Morgan fingerprint density at radius 2 is 2.08 bits per heavy atom. The van der Waals surface area contributed by atoms with Gasteiger partial charge >= 0.3 is 0 Å². The van der Waals surface area contributed by atoms with E-state index in [-0.39, 0.29) is 11.9 Å². The summed E-state index contributed by atoms with van der Waals surface area (Å²) in [5.41, 5.74) is 1.35. The highest BCUT2D eigenvalue weighted by atomic mass is 19.1. The molecule has 0 spiro atoms. The van der Waals surface area contributed by atoms with Crippen LogP contribution in [0.2, 0.25) is 0 Å². The summed E-state index contributed by atoms with van der Waals surface area (Å²) in [5.74, 6) is 1.32. The summed E-state index contributed by atoms with van der Waals surface area (Å²) in [6.07, 6.45) is 6.71. The Morgan fingerprint density at radius 3 is 2.96 bits per heavy atom. The average Bonchev–Trinajstić information content (AvgIpc) is 3.09. The molecule has 8 nitrogen and oxygen atoms in total. The largest absolute Gasteiger partial charge is 0.353 e. The third kappa shape index (κ3) is 2.24. The lowest BCUT2D eigenvalue weighted by atomic mass is 10.1. The van der Waals surface area contributed by atoms with Crippen LogP contribution in [0, 0.1) is 5.82 Å². The van der Waals surface area contributed by atoms with E-state index in [4.69, 9.17) is 0 Å². The fourth-order valence-corrected chi connectivity index (χ4v) is 3.31. The van der Waals surface area contributed by atoms with E-state index >= 15 is 0 Å². The Bertz CT molecular complexity index is 1100. The molecule has 0 saturated carbocycles. The first-order chi connectivity index (χ1) is 12.7. The quantitative estimate of drug-likeness (QED) is 0.555. The van der Waals surface area contributed by atoms with Crippen molar-refractivity contribution in [2.24, 2.45) is 0 Å². The first kappa shape index (κ1) is 14.9. The molecule has 1 aliphatic rings. The number of likely N-dealkylation sites (N-methyl/N-ethyl adjacent to an activating group) is 1. The molecule has 26 heavy (non-hydrogen) atoms. The fourth-order valence-electron chi connectivity index (χ4n) is 3.31. The molecular weight excluding hydrogens is 335 g/mol. The van der Waals surface area contributed by atoms with E-state index in [0.717, 1.165) is 35.8 Å². The van der Waals surface area contributed by atoms with Gasteiger partial charge in [0, 0.05) is 44.0 Å². The topological polar surface area (TPSA) is 75.3 Å². The second-order valence-corrected chi connectivity index (χ2v) is 6.34. The van der Waals surface area contributed by atoms with Gasteiger partial charge in [0.2, 0.25) is 5.65 Å². The number of nitrogens with zero attached hydrogens (tertiary/aromatic N) is 8. The molecule has 130 valence electrons. The lowest BCUT2D eigenvalue weighted by Gasteiger charge is -2.45. The normalized spacial score (nSPS) is 14.8. The SMILES string of the molecule is CN(c1ncnc2cc(F)ccc12)C1CN(c2nccn3cnnc23)C1. The number of benzene rings is 1. The van der Waals surface area contributed by atoms with Crippen LogP contribution in [-0.4, -0.2) is 55.7 Å². The molecule has 1 saturated heterocycles. The molecule has 4 heterocycles. The van der Waals surface area contributed by atoms with E-state index < -0.39 is 0 Å². The van der Waals surface area contributed by atoms with Crippen LogP contribution in [0.15, 0.2) is 43.2 Å². The smallest absolute Gasteiger partial charge is 0.203 e. The fraction of sp³-hybridized carbons (Fsp3) is 0.235. The average molecular weight is 350 g/mol. The van der Waals surface area contributed by atoms with Crippen molar-refractivity contribution in [1.29, 1.82) is 0 Å². The first-order valence-corrected chi connectivity index (χ1v) is 8.23. The van der Waals surface area contributed by atoms with Crippen LogP contribution in [0.25, 0.3) is 16.6 Å². The standard InChI is InChI=1S/C17H15FN8/c1-24(15-13-3-2-11(18)6-14(13)20-9-21-15)12-7-26(8-12)16-17-23-22-10-25(17)5-4-19-16/h2-6,9-10,12H,7-8H2,1H3. The van der Waals surface area contributed by atoms with Crippen LogP contribution < -0.4 is 9.80 Å². The van der Waals surface area contributed by atoms with E-state index in [9.17, 15) is 4.39 Å². The van der Waals surface area contributed by atoms with Crippen molar-refractivity contribution in [3.05, 3.63) is 49.1 Å². The van der Waals surface area contributed by atoms with Gasteiger partial charge in [-0.25, -0.2) is 19.3 Å². The summed E-state index contributed by atoms with van der Waals surface area (Å²) in [4.78, 5) is 17.3. The lowest BCUT2D eigenvalue weighted by Crippen LogP contribution is -2.59. The Hall–Kier alpha value is -3.36. The Labute approximate surface area is 147 Å². The van der Waals surface area contributed by atoms with Crippen LogP contribution in [0.5, 0.6) is 0 Å². The second-order valence-electron chi connectivity index (χ2n) is 6.34. The van der Waals surface area contributed by atoms with E-state index in [1.165, 1.54) is 18.5 Å². The van der Waals surface area contributed by atoms with Crippen LogP contribution in [-0.2, 0) is 0 Å². The number of aromatic nitrogens is 6. The first-order valence-electron chi connectivity index (χ1n) is 8.23. The summed E-state index contributed by atoms with van der Waals surface area (Å²) >= 11 is 0. The predicted molar refractivity (Wildman–Crippen MR) is 94.7 cm³/mol. The highest BCUT2D eigenvalue weighted by Crippen LogP contribution is 2.29.